The van der Waals surface area contributed by atoms with Gasteiger partial charge in [0.1, 0.15) is 0 Å². The van der Waals surface area contributed by atoms with Gasteiger partial charge in [0.2, 0.25) is 0 Å². The van der Waals surface area contributed by atoms with Crippen molar-refractivity contribution >= 4 is 29.0 Å². The molecule has 7 heteroatoms. The van der Waals surface area contributed by atoms with Crippen molar-refractivity contribution in [3.05, 3.63) is 74.8 Å². The van der Waals surface area contributed by atoms with E-state index >= 15 is 0 Å². The maximum atomic E-state index is 12.8. The Kier molecular flexibility index (Phi) is 5.60. The van der Waals surface area contributed by atoms with Gasteiger partial charge in [0, 0.05) is 19.2 Å². The van der Waals surface area contributed by atoms with Crippen LogP contribution < -0.4 is 10.9 Å². The molecule has 0 bridgehead atoms. The minimum atomic E-state index is -0.172. The van der Waals surface area contributed by atoms with E-state index in [1.165, 1.54) is 23.0 Å². The van der Waals surface area contributed by atoms with Crippen molar-refractivity contribution < 1.29 is 4.79 Å². The minimum absolute atomic E-state index is 0.154. The van der Waals surface area contributed by atoms with Gasteiger partial charge in [-0.05, 0) is 61.9 Å². The number of likely N-dealkylation sites (tertiary alicyclic amines) is 1. The van der Waals surface area contributed by atoms with E-state index in [4.69, 9.17) is 12.2 Å². The summed E-state index contributed by atoms with van der Waals surface area (Å²) in [6.45, 7) is 2.63. The fraction of sp³-hybridized carbons (Fsp3) is 0.318. The highest BCUT2D eigenvalue weighted by molar-refractivity contribution is 7.71. The fourth-order valence-corrected chi connectivity index (χ4v) is 4.12. The Morgan fingerprint density at radius 1 is 1.17 bits per heavy atom. The topological polar surface area (TPSA) is 70.1 Å². The SMILES string of the molecule is Cn1c(=S)[nH]c2cc(C(=O)NCC(c3ccccc3)N3CCCC3)ccc2c1=O. The highest BCUT2D eigenvalue weighted by atomic mass is 32.1. The van der Waals surface area contributed by atoms with Crippen molar-refractivity contribution in [2.24, 2.45) is 7.05 Å². The molecule has 1 aromatic heterocycles. The molecule has 0 radical (unpaired) electrons. The molecule has 1 aliphatic heterocycles. The number of fused-ring (bicyclic) bond motifs is 1. The summed E-state index contributed by atoms with van der Waals surface area (Å²) in [6, 6.07) is 15.5. The van der Waals surface area contributed by atoms with Crippen LogP contribution in [0.15, 0.2) is 53.3 Å². The molecule has 1 fully saturated rings. The first-order valence-electron chi connectivity index (χ1n) is 9.85. The lowest BCUT2D eigenvalue weighted by Crippen LogP contribution is -2.36. The van der Waals surface area contributed by atoms with Gasteiger partial charge in [-0.25, -0.2) is 0 Å². The molecule has 2 heterocycles. The number of nitrogens with one attached hydrogen (secondary N) is 2. The standard InChI is InChI=1S/C22H24N4O2S/c1-25-21(28)17-10-9-16(13-18(17)24-22(25)29)20(27)23-14-19(26-11-5-6-12-26)15-7-3-2-4-8-15/h2-4,7-10,13,19H,5-6,11-12,14H2,1H3,(H,23,27)(H,24,29). The monoisotopic (exact) mass is 408 g/mol. The van der Waals surface area contributed by atoms with Gasteiger partial charge in [0.15, 0.2) is 4.77 Å². The van der Waals surface area contributed by atoms with Crippen molar-refractivity contribution in [3.8, 4) is 0 Å². The zero-order valence-corrected chi connectivity index (χ0v) is 17.2. The maximum Gasteiger partial charge on any atom is 0.261 e. The van der Waals surface area contributed by atoms with Gasteiger partial charge in [-0.3, -0.25) is 19.1 Å². The van der Waals surface area contributed by atoms with Crippen LogP contribution in [-0.4, -0.2) is 40.0 Å². The van der Waals surface area contributed by atoms with Crippen LogP contribution in [0.25, 0.3) is 10.9 Å². The lowest BCUT2D eigenvalue weighted by atomic mass is 10.1. The summed E-state index contributed by atoms with van der Waals surface area (Å²) in [5, 5.41) is 3.59. The maximum absolute atomic E-state index is 12.8. The number of carbonyl (C=O) groups excluding carboxylic acids is 1. The molecule has 0 aliphatic carbocycles. The van der Waals surface area contributed by atoms with E-state index in [0.29, 0.717) is 27.8 Å². The van der Waals surface area contributed by atoms with Crippen molar-refractivity contribution in [1.82, 2.24) is 19.8 Å². The molecule has 0 spiro atoms. The van der Waals surface area contributed by atoms with Crippen LogP contribution in [0.5, 0.6) is 0 Å². The molecule has 150 valence electrons. The van der Waals surface area contributed by atoms with Gasteiger partial charge in [-0.1, -0.05) is 30.3 Å². The molecular weight excluding hydrogens is 384 g/mol. The van der Waals surface area contributed by atoms with Crippen LogP contribution in [-0.2, 0) is 7.05 Å². The second kappa shape index (κ2) is 8.31. The predicted molar refractivity (Wildman–Crippen MR) is 117 cm³/mol. The van der Waals surface area contributed by atoms with Crippen molar-refractivity contribution in [1.29, 1.82) is 0 Å². The van der Waals surface area contributed by atoms with Crippen molar-refractivity contribution in [3.63, 3.8) is 0 Å². The van der Waals surface area contributed by atoms with E-state index in [2.05, 4.69) is 27.3 Å². The third-order valence-electron chi connectivity index (χ3n) is 5.58. The van der Waals surface area contributed by atoms with Crippen molar-refractivity contribution in [2.75, 3.05) is 19.6 Å². The van der Waals surface area contributed by atoms with E-state index in [1.54, 1.807) is 25.2 Å². The van der Waals surface area contributed by atoms with Crippen LogP contribution in [0.1, 0.15) is 34.8 Å². The number of amides is 1. The lowest BCUT2D eigenvalue weighted by Gasteiger charge is -2.28. The number of rotatable bonds is 5. The molecule has 2 N–H and O–H groups in total. The highest BCUT2D eigenvalue weighted by Gasteiger charge is 2.24. The average molecular weight is 409 g/mol. The van der Waals surface area contributed by atoms with E-state index in [1.807, 2.05) is 18.2 Å². The average Bonchev–Trinajstić information content (AvgIpc) is 3.27. The zero-order valence-electron chi connectivity index (χ0n) is 16.4. The van der Waals surface area contributed by atoms with Crippen LogP contribution in [0.4, 0.5) is 0 Å². The minimum Gasteiger partial charge on any atom is -0.350 e. The third kappa shape index (κ3) is 4.02. The largest absolute Gasteiger partial charge is 0.350 e. The van der Waals surface area contributed by atoms with Gasteiger partial charge in [0.25, 0.3) is 11.5 Å². The van der Waals surface area contributed by atoms with Crippen LogP contribution in [0.2, 0.25) is 0 Å². The number of carbonyl (C=O) groups is 1. The summed E-state index contributed by atoms with van der Waals surface area (Å²) < 4.78 is 1.72. The van der Waals surface area contributed by atoms with Gasteiger partial charge in [-0.2, -0.15) is 0 Å². The molecule has 1 saturated heterocycles. The third-order valence-corrected chi connectivity index (χ3v) is 5.96. The molecule has 29 heavy (non-hydrogen) atoms. The highest BCUT2D eigenvalue weighted by Crippen LogP contribution is 2.24. The zero-order chi connectivity index (χ0) is 20.4. The molecule has 1 amide bonds. The van der Waals surface area contributed by atoms with E-state index in [0.717, 1.165) is 13.1 Å². The summed E-state index contributed by atoms with van der Waals surface area (Å²) in [5.41, 5.74) is 2.12. The first-order valence-corrected chi connectivity index (χ1v) is 10.3. The van der Waals surface area contributed by atoms with Gasteiger partial charge in [-0.15, -0.1) is 0 Å². The van der Waals surface area contributed by atoms with Crippen LogP contribution in [0.3, 0.4) is 0 Å². The van der Waals surface area contributed by atoms with E-state index in [-0.39, 0.29) is 17.5 Å². The Labute approximate surface area is 174 Å². The molecule has 1 aliphatic rings. The second-order valence-electron chi connectivity index (χ2n) is 7.43. The Morgan fingerprint density at radius 3 is 2.62 bits per heavy atom. The Morgan fingerprint density at radius 2 is 1.90 bits per heavy atom. The van der Waals surface area contributed by atoms with Crippen LogP contribution in [0, 0.1) is 4.77 Å². The Balaban J connectivity index is 1.55. The Bertz CT molecular complexity index is 1150. The summed E-state index contributed by atoms with van der Waals surface area (Å²) in [7, 11) is 1.63. The smallest absolute Gasteiger partial charge is 0.261 e. The molecule has 4 rings (SSSR count). The normalized spacial score (nSPS) is 15.5. The van der Waals surface area contributed by atoms with Gasteiger partial charge in [0.05, 0.1) is 16.9 Å². The molecule has 3 aromatic rings. The molecule has 1 unspecified atom stereocenters. The molecule has 1 atom stereocenters. The van der Waals surface area contributed by atoms with Gasteiger partial charge >= 0.3 is 0 Å². The Hall–Kier alpha value is -2.77. The predicted octanol–water partition coefficient (Wildman–Crippen LogP) is 3.16. The van der Waals surface area contributed by atoms with E-state index < -0.39 is 0 Å². The summed E-state index contributed by atoms with van der Waals surface area (Å²) in [6.07, 6.45) is 2.38. The van der Waals surface area contributed by atoms with E-state index in [9.17, 15) is 9.59 Å². The number of hydrogen-bond donors (Lipinski definition) is 2. The van der Waals surface area contributed by atoms with Gasteiger partial charge < -0.3 is 10.3 Å². The molecular formula is C22H24N4O2S. The van der Waals surface area contributed by atoms with Crippen LogP contribution >= 0.6 is 12.2 Å². The summed E-state index contributed by atoms with van der Waals surface area (Å²) in [4.78, 5) is 30.6. The summed E-state index contributed by atoms with van der Waals surface area (Å²) >= 11 is 5.18. The first-order chi connectivity index (χ1) is 14.0. The number of nitrogens with zero attached hydrogens (tertiary/aromatic N) is 2. The molecule has 0 saturated carbocycles. The number of H-pyrrole nitrogens is 1. The molecule has 2 aromatic carbocycles. The number of aromatic amines is 1. The number of benzene rings is 2. The number of aromatic nitrogens is 2. The molecule has 6 nitrogen and oxygen atoms in total. The second-order valence-corrected chi connectivity index (χ2v) is 7.82. The summed E-state index contributed by atoms with van der Waals surface area (Å²) in [5.74, 6) is -0.160. The fourth-order valence-electron chi connectivity index (χ4n) is 3.93. The number of hydrogen-bond acceptors (Lipinski definition) is 4. The lowest BCUT2D eigenvalue weighted by molar-refractivity contribution is 0.0938. The quantitative estimate of drug-likeness (QED) is 0.637. The van der Waals surface area contributed by atoms with Crippen molar-refractivity contribution in [2.45, 2.75) is 18.9 Å². The first kappa shape index (κ1) is 19.5.